The number of carbonyl (C=O) groups excluding carboxylic acids is 2. The summed E-state index contributed by atoms with van der Waals surface area (Å²) >= 11 is 12.0. The number of rotatable bonds is 5. The molecule has 0 spiro atoms. The minimum absolute atomic E-state index is 0.220. The Balaban J connectivity index is 1.74. The molecule has 0 aliphatic carbocycles. The lowest BCUT2D eigenvalue weighted by atomic mass is 10.1. The van der Waals surface area contributed by atoms with Crippen LogP contribution in [-0.4, -0.2) is 22.7 Å². The number of hydrogen-bond acceptors (Lipinski definition) is 5. The van der Waals surface area contributed by atoms with Crippen molar-refractivity contribution in [3.05, 3.63) is 63.5 Å². The van der Waals surface area contributed by atoms with E-state index in [0.29, 0.717) is 19.8 Å². The second-order valence-corrected chi connectivity index (χ2v) is 8.07. The summed E-state index contributed by atoms with van der Waals surface area (Å²) in [5.41, 5.74) is -0.923. The third-order valence-electron chi connectivity index (χ3n) is 3.77. The van der Waals surface area contributed by atoms with Gasteiger partial charge in [0, 0.05) is 10.6 Å². The molecule has 11 heteroatoms. The van der Waals surface area contributed by atoms with E-state index in [1.54, 1.807) is 0 Å². The van der Waals surface area contributed by atoms with Gasteiger partial charge in [-0.25, -0.2) is 0 Å². The maximum atomic E-state index is 13.0. The number of thiocarbonyl (C=S) groups is 1. The molecule has 2 N–H and O–H groups in total. The molecule has 0 radical (unpaired) electrons. The first kappa shape index (κ1) is 22.1. The van der Waals surface area contributed by atoms with E-state index in [-0.39, 0.29) is 17.3 Å². The maximum absolute atomic E-state index is 13.0. The van der Waals surface area contributed by atoms with Gasteiger partial charge >= 0.3 is 6.18 Å². The fourth-order valence-corrected chi connectivity index (χ4v) is 3.71. The second-order valence-electron chi connectivity index (χ2n) is 5.91. The average Bonchev–Trinajstić information content (AvgIpc) is 2.97. The number of ether oxygens (including phenoxy) is 1. The van der Waals surface area contributed by atoms with Gasteiger partial charge in [-0.3, -0.25) is 9.59 Å². The van der Waals surface area contributed by atoms with Crippen molar-refractivity contribution in [3.63, 3.8) is 0 Å². The van der Waals surface area contributed by atoms with Gasteiger partial charge in [0.05, 0.1) is 16.2 Å². The quantitative estimate of drug-likeness (QED) is 0.480. The molecule has 0 bridgehead atoms. The third kappa shape index (κ3) is 5.53. The van der Waals surface area contributed by atoms with Crippen LogP contribution in [0.5, 0.6) is 5.75 Å². The highest BCUT2D eigenvalue weighted by Crippen LogP contribution is 2.35. The summed E-state index contributed by atoms with van der Waals surface area (Å²) in [6.07, 6.45) is -3.11. The van der Waals surface area contributed by atoms with Crippen molar-refractivity contribution in [3.8, 4) is 5.75 Å². The molecule has 1 aliphatic rings. The molecule has 0 saturated carbocycles. The molecule has 1 saturated heterocycles. The van der Waals surface area contributed by atoms with E-state index in [9.17, 15) is 22.8 Å². The van der Waals surface area contributed by atoms with Crippen molar-refractivity contribution < 1.29 is 27.5 Å². The van der Waals surface area contributed by atoms with Gasteiger partial charge in [0.2, 0.25) is 0 Å². The fourth-order valence-electron chi connectivity index (χ4n) is 2.49. The smallest absolute Gasteiger partial charge is 0.418 e. The molecule has 156 valence electrons. The third-order valence-corrected chi connectivity index (χ3v) is 5.16. The van der Waals surface area contributed by atoms with Crippen LogP contribution < -0.4 is 15.4 Å². The van der Waals surface area contributed by atoms with E-state index < -0.39 is 24.3 Å². The lowest BCUT2D eigenvalue weighted by molar-refractivity contribution is -0.137. The predicted octanol–water partition coefficient (Wildman–Crippen LogP) is 4.87. The topological polar surface area (TPSA) is 67.4 Å². The Hall–Kier alpha value is -2.56. The lowest BCUT2D eigenvalue weighted by Gasteiger charge is -2.14. The van der Waals surface area contributed by atoms with Gasteiger partial charge in [0.25, 0.3) is 11.8 Å². The molecule has 3 rings (SSSR count). The summed E-state index contributed by atoms with van der Waals surface area (Å²) in [7, 11) is 0. The Kier molecular flexibility index (Phi) is 6.69. The van der Waals surface area contributed by atoms with Crippen LogP contribution in [0.15, 0.2) is 47.4 Å². The summed E-state index contributed by atoms with van der Waals surface area (Å²) in [5, 5.41) is 5.03. The van der Waals surface area contributed by atoms with E-state index >= 15 is 0 Å². The molecule has 1 heterocycles. The van der Waals surface area contributed by atoms with Crippen molar-refractivity contribution in [2.75, 3.05) is 11.9 Å². The van der Waals surface area contributed by atoms with Crippen LogP contribution in [0.2, 0.25) is 5.02 Å². The number of carbonyl (C=O) groups is 2. The van der Waals surface area contributed by atoms with E-state index in [2.05, 4.69) is 10.6 Å². The van der Waals surface area contributed by atoms with Gasteiger partial charge in [-0.1, -0.05) is 47.7 Å². The Labute approximate surface area is 183 Å². The molecule has 30 heavy (non-hydrogen) atoms. The molecular weight excluding hydrogens is 461 g/mol. The van der Waals surface area contributed by atoms with Crippen LogP contribution in [0.4, 0.5) is 18.9 Å². The van der Waals surface area contributed by atoms with E-state index in [0.717, 1.165) is 23.9 Å². The molecular formula is C19H12ClF3N2O3S2. The zero-order chi connectivity index (χ0) is 21.9. The molecule has 2 amide bonds. The van der Waals surface area contributed by atoms with Crippen LogP contribution in [-0.2, 0) is 15.8 Å². The van der Waals surface area contributed by atoms with E-state index in [4.69, 9.17) is 28.6 Å². The van der Waals surface area contributed by atoms with Crippen LogP contribution >= 0.6 is 35.6 Å². The molecule has 0 aromatic heterocycles. The van der Waals surface area contributed by atoms with Crippen molar-refractivity contribution in [2.24, 2.45) is 0 Å². The van der Waals surface area contributed by atoms with Crippen molar-refractivity contribution in [2.45, 2.75) is 6.18 Å². The lowest BCUT2D eigenvalue weighted by Crippen LogP contribution is -2.22. The Morgan fingerprint density at radius 1 is 1.27 bits per heavy atom. The molecule has 1 aliphatic heterocycles. The summed E-state index contributed by atoms with van der Waals surface area (Å²) in [6, 6.07) is 9.15. The molecule has 0 atom stereocenters. The molecule has 2 aromatic carbocycles. The number of nitrogens with one attached hydrogen (secondary N) is 2. The summed E-state index contributed by atoms with van der Waals surface area (Å²) < 4.78 is 44.9. The Morgan fingerprint density at radius 3 is 2.67 bits per heavy atom. The van der Waals surface area contributed by atoms with Crippen molar-refractivity contribution in [1.82, 2.24) is 5.32 Å². The number of para-hydroxylation sites is 1. The fraction of sp³-hybridized carbons (Fsp3) is 0.105. The van der Waals surface area contributed by atoms with Crippen LogP contribution in [0.1, 0.15) is 11.1 Å². The van der Waals surface area contributed by atoms with Gasteiger partial charge in [-0.05, 0) is 36.4 Å². The SMILES string of the molecule is O=C(COc1ccc(Cl)cc1C=C1SC(=S)NC1=O)Nc1ccccc1C(F)(F)F. The Morgan fingerprint density at radius 2 is 2.00 bits per heavy atom. The normalized spacial score (nSPS) is 15.3. The van der Waals surface area contributed by atoms with E-state index in [1.807, 2.05) is 0 Å². The first-order valence-corrected chi connectivity index (χ1v) is 9.87. The monoisotopic (exact) mass is 472 g/mol. The van der Waals surface area contributed by atoms with Crippen LogP contribution in [0.3, 0.4) is 0 Å². The minimum atomic E-state index is -4.61. The molecule has 0 unspecified atom stereocenters. The number of benzene rings is 2. The zero-order valence-electron chi connectivity index (χ0n) is 14.9. The number of halogens is 4. The number of alkyl halides is 3. The van der Waals surface area contributed by atoms with Crippen molar-refractivity contribution >= 4 is 63.5 Å². The van der Waals surface area contributed by atoms with Gasteiger partial charge in [-0.15, -0.1) is 0 Å². The standard InChI is InChI=1S/C19H12ClF3N2O3S2/c20-11-5-6-14(10(7-11)8-15-17(27)25-18(29)30-15)28-9-16(26)24-13-4-2-1-3-12(13)19(21,22)23/h1-8H,9H2,(H,24,26)(H,25,27,29). The van der Waals surface area contributed by atoms with Gasteiger partial charge in [0.1, 0.15) is 10.1 Å². The van der Waals surface area contributed by atoms with Crippen molar-refractivity contribution in [1.29, 1.82) is 0 Å². The van der Waals surface area contributed by atoms with Gasteiger partial charge in [-0.2, -0.15) is 13.2 Å². The van der Waals surface area contributed by atoms with Gasteiger partial charge in [0.15, 0.2) is 6.61 Å². The summed E-state index contributed by atoms with van der Waals surface area (Å²) in [6.45, 7) is -0.554. The van der Waals surface area contributed by atoms with Crippen LogP contribution in [0, 0.1) is 0 Å². The maximum Gasteiger partial charge on any atom is 0.418 e. The first-order chi connectivity index (χ1) is 14.1. The predicted molar refractivity (Wildman–Crippen MR) is 113 cm³/mol. The minimum Gasteiger partial charge on any atom is -0.483 e. The van der Waals surface area contributed by atoms with E-state index in [1.165, 1.54) is 36.4 Å². The zero-order valence-corrected chi connectivity index (χ0v) is 17.3. The number of amides is 2. The number of anilines is 1. The molecule has 2 aromatic rings. The molecule has 5 nitrogen and oxygen atoms in total. The number of hydrogen-bond donors (Lipinski definition) is 2. The largest absolute Gasteiger partial charge is 0.483 e. The highest BCUT2D eigenvalue weighted by atomic mass is 35.5. The average molecular weight is 473 g/mol. The van der Waals surface area contributed by atoms with Gasteiger partial charge < -0.3 is 15.4 Å². The number of thioether (sulfide) groups is 1. The molecule has 1 fully saturated rings. The Bertz CT molecular complexity index is 1060. The second kappa shape index (κ2) is 9.07. The summed E-state index contributed by atoms with van der Waals surface area (Å²) in [4.78, 5) is 24.3. The first-order valence-electron chi connectivity index (χ1n) is 8.27. The highest BCUT2D eigenvalue weighted by molar-refractivity contribution is 8.26. The highest BCUT2D eigenvalue weighted by Gasteiger charge is 2.33. The summed E-state index contributed by atoms with van der Waals surface area (Å²) in [5.74, 6) is -0.941. The van der Waals surface area contributed by atoms with Crippen LogP contribution in [0.25, 0.3) is 6.08 Å².